The first-order chi connectivity index (χ1) is 18.4. The maximum absolute atomic E-state index is 13.2. The molecule has 4 aromatic rings. The van der Waals surface area contributed by atoms with Crippen LogP contribution in [-0.2, 0) is 16.6 Å². The molecule has 0 saturated carbocycles. The van der Waals surface area contributed by atoms with Gasteiger partial charge in [-0.05, 0) is 54.3 Å². The molecule has 4 rings (SSSR count). The van der Waals surface area contributed by atoms with Crippen LogP contribution in [0.15, 0.2) is 76.9 Å². The molecular weight excluding hydrogens is 542 g/mol. The zero-order valence-corrected chi connectivity index (χ0v) is 23.0. The van der Waals surface area contributed by atoms with Gasteiger partial charge in [0.15, 0.2) is 0 Å². The van der Waals surface area contributed by atoms with Crippen LogP contribution in [0.1, 0.15) is 47.9 Å². The third kappa shape index (κ3) is 6.50. The van der Waals surface area contributed by atoms with E-state index in [9.17, 15) is 22.8 Å². The summed E-state index contributed by atoms with van der Waals surface area (Å²) < 4.78 is 29.0. The van der Waals surface area contributed by atoms with E-state index in [1.807, 2.05) is 4.72 Å². The number of aromatic nitrogens is 3. The fraction of sp³-hybridized carbons (Fsp3) is 0.222. The molecule has 0 aliphatic heterocycles. The average molecular weight is 568 g/mol. The van der Waals surface area contributed by atoms with E-state index < -0.39 is 21.8 Å². The summed E-state index contributed by atoms with van der Waals surface area (Å²) in [6.45, 7) is 6.70. The first-order valence-electron chi connectivity index (χ1n) is 11.9. The summed E-state index contributed by atoms with van der Waals surface area (Å²) in [5, 5.41) is 2.69. The van der Waals surface area contributed by atoms with Crippen LogP contribution in [-0.4, -0.2) is 34.8 Å². The monoisotopic (exact) mass is 567 g/mol. The molecular formula is C27H26ClN5O5S. The fourth-order valence-electron chi connectivity index (χ4n) is 3.71. The third-order valence-electron chi connectivity index (χ3n) is 5.84. The largest absolute Gasteiger partial charge is 0.321 e. The van der Waals surface area contributed by atoms with Crippen molar-refractivity contribution < 1.29 is 18.0 Å². The van der Waals surface area contributed by atoms with Crippen LogP contribution in [0.2, 0.25) is 5.02 Å². The number of nitrogens with zero attached hydrogens (tertiary/aromatic N) is 3. The van der Waals surface area contributed by atoms with Gasteiger partial charge in [0.2, 0.25) is 0 Å². The first kappa shape index (κ1) is 27.9. The Bertz CT molecular complexity index is 1730. The lowest BCUT2D eigenvalue weighted by atomic mass is 9.92. The van der Waals surface area contributed by atoms with E-state index in [1.54, 1.807) is 18.2 Å². The Morgan fingerprint density at radius 2 is 1.79 bits per heavy atom. The summed E-state index contributed by atoms with van der Waals surface area (Å²) in [6.07, 6.45) is 4.92. The molecule has 0 spiro atoms. The van der Waals surface area contributed by atoms with Crippen molar-refractivity contribution in [2.75, 3.05) is 5.32 Å². The highest BCUT2D eigenvalue weighted by Gasteiger charge is 2.23. The first-order valence-corrected chi connectivity index (χ1v) is 13.8. The second kappa shape index (κ2) is 11.0. The second-order valence-electron chi connectivity index (χ2n) is 10.0. The Balaban J connectivity index is 1.58. The number of anilines is 1. The number of benzene rings is 2. The normalized spacial score (nSPS) is 11.8. The Hall–Kier alpha value is -4.09. The van der Waals surface area contributed by atoms with Gasteiger partial charge in [-0.3, -0.25) is 23.9 Å². The molecule has 0 bridgehead atoms. The standard InChI is InChI=1S/C27H26ClN5O5S/c1-27(2,3)11-13-33-16-30-20-7-4-8-21(23(20)26(33)36)31-24(34)17-9-10-22(19(28)14-17)39(37,38)32-25(35)18-6-5-12-29-15-18/h4-10,12,14-16H,11,13H2,1-3H3,(H,31,34)(H,32,35). The SMILES string of the molecule is CC(C)(C)CCn1cnc2cccc(NC(=O)c3ccc(S(=O)(=O)NC(=O)c4cccnc4)c(Cl)c3)c2c1=O. The van der Waals surface area contributed by atoms with Crippen molar-refractivity contribution in [1.29, 1.82) is 0 Å². The van der Waals surface area contributed by atoms with Crippen LogP contribution in [0.4, 0.5) is 5.69 Å². The second-order valence-corrected chi connectivity index (χ2v) is 12.1. The summed E-state index contributed by atoms with van der Waals surface area (Å²) in [4.78, 5) is 46.4. The summed E-state index contributed by atoms with van der Waals surface area (Å²) >= 11 is 6.22. The predicted octanol–water partition coefficient (Wildman–Crippen LogP) is 4.25. The Labute approximate surface area is 230 Å². The zero-order valence-electron chi connectivity index (χ0n) is 21.4. The number of nitrogens with one attached hydrogen (secondary N) is 2. The molecule has 39 heavy (non-hydrogen) atoms. The number of carbonyl (C=O) groups is 2. The van der Waals surface area contributed by atoms with Crippen molar-refractivity contribution in [1.82, 2.24) is 19.3 Å². The Kier molecular flexibility index (Phi) is 7.84. The van der Waals surface area contributed by atoms with Gasteiger partial charge in [0.1, 0.15) is 4.90 Å². The number of halogens is 1. The number of hydrogen-bond acceptors (Lipinski definition) is 7. The summed E-state index contributed by atoms with van der Waals surface area (Å²) in [5.74, 6) is -1.49. The molecule has 2 aromatic carbocycles. The quantitative estimate of drug-likeness (QED) is 0.340. The number of sulfonamides is 1. The van der Waals surface area contributed by atoms with Gasteiger partial charge in [0, 0.05) is 24.5 Å². The molecule has 10 nitrogen and oxygen atoms in total. The molecule has 0 aliphatic carbocycles. The van der Waals surface area contributed by atoms with Crippen molar-refractivity contribution >= 4 is 50.0 Å². The maximum atomic E-state index is 13.2. The maximum Gasteiger partial charge on any atom is 0.266 e. The molecule has 12 heteroatoms. The van der Waals surface area contributed by atoms with Gasteiger partial charge in [-0.15, -0.1) is 0 Å². The Morgan fingerprint density at radius 1 is 1.03 bits per heavy atom. The number of amides is 2. The van der Waals surface area contributed by atoms with E-state index in [0.717, 1.165) is 12.5 Å². The van der Waals surface area contributed by atoms with Gasteiger partial charge < -0.3 is 5.32 Å². The number of carbonyl (C=O) groups excluding carboxylic acids is 2. The molecule has 2 aromatic heterocycles. The minimum atomic E-state index is -4.34. The van der Waals surface area contributed by atoms with Crippen LogP contribution in [0.3, 0.4) is 0 Å². The number of aryl methyl sites for hydroxylation is 1. The molecule has 2 amide bonds. The van der Waals surface area contributed by atoms with E-state index in [4.69, 9.17) is 11.6 Å². The molecule has 0 aliphatic rings. The van der Waals surface area contributed by atoms with Crippen LogP contribution in [0.5, 0.6) is 0 Å². The van der Waals surface area contributed by atoms with E-state index in [0.29, 0.717) is 12.1 Å². The molecule has 0 fully saturated rings. The summed E-state index contributed by atoms with van der Waals surface area (Å²) in [7, 11) is -4.34. The van der Waals surface area contributed by atoms with Gasteiger partial charge >= 0.3 is 0 Å². The van der Waals surface area contributed by atoms with Crippen LogP contribution < -0.4 is 15.6 Å². The minimum absolute atomic E-state index is 0.0165. The van der Waals surface area contributed by atoms with Crippen molar-refractivity contribution in [2.24, 2.45) is 5.41 Å². The summed E-state index contributed by atoms with van der Waals surface area (Å²) in [5.41, 5.74) is 0.513. The number of fused-ring (bicyclic) bond motifs is 1. The van der Waals surface area contributed by atoms with Gasteiger partial charge in [-0.1, -0.05) is 38.4 Å². The van der Waals surface area contributed by atoms with E-state index in [-0.39, 0.29) is 43.1 Å². The highest BCUT2D eigenvalue weighted by Crippen LogP contribution is 2.25. The van der Waals surface area contributed by atoms with Crippen molar-refractivity contribution in [2.45, 2.75) is 38.6 Å². The molecule has 2 heterocycles. The minimum Gasteiger partial charge on any atom is -0.321 e. The lowest BCUT2D eigenvalue weighted by Gasteiger charge is -2.18. The Morgan fingerprint density at radius 3 is 2.46 bits per heavy atom. The predicted molar refractivity (Wildman–Crippen MR) is 148 cm³/mol. The molecule has 0 unspecified atom stereocenters. The van der Waals surface area contributed by atoms with Crippen molar-refractivity contribution in [3.63, 3.8) is 0 Å². The van der Waals surface area contributed by atoms with E-state index in [2.05, 4.69) is 36.1 Å². The van der Waals surface area contributed by atoms with Crippen LogP contribution in [0.25, 0.3) is 10.9 Å². The molecule has 0 saturated heterocycles. The molecule has 202 valence electrons. The van der Waals surface area contributed by atoms with Crippen LogP contribution in [0, 0.1) is 5.41 Å². The van der Waals surface area contributed by atoms with E-state index >= 15 is 0 Å². The smallest absolute Gasteiger partial charge is 0.266 e. The zero-order chi connectivity index (χ0) is 28.4. The summed E-state index contributed by atoms with van der Waals surface area (Å²) in [6, 6.07) is 11.4. The topological polar surface area (TPSA) is 140 Å². The van der Waals surface area contributed by atoms with Gasteiger partial charge in [-0.25, -0.2) is 18.1 Å². The number of hydrogen-bond donors (Lipinski definition) is 2. The van der Waals surface area contributed by atoms with Crippen molar-refractivity contribution in [3.05, 3.63) is 93.8 Å². The van der Waals surface area contributed by atoms with E-state index in [1.165, 1.54) is 47.6 Å². The lowest BCUT2D eigenvalue weighted by Crippen LogP contribution is -2.31. The third-order valence-corrected chi connectivity index (χ3v) is 7.65. The van der Waals surface area contributed by atoms with Gasteiger partial charge in [0.25, 0.3) is 27.4 Å². The van der Waals surface area contributed by atoms with Crippen LogP contribution >= 0.6 is 11.6 Å². The van der Waals surface area contributed by atoms with Gasteiger partial charge in [-0.2, -0.15) is 0 Å². The highest BCUT2D eigenvalue weighted by atomic mass is 35.5. The lowest BCUT2D eigenvalue weighted by molar-refractivity contribution is 0.0979. The molecule has 0 atom stereocenters. The molecule has 0 radical (unpaired) electrons. The fourth-order valence-corrected chi connectivity index (χ4v) is 5.23. The average Bonchev–Trinajstić information content (AvgIpc) is 2.88. The molecule has 2 N–H and O–H groups in total. The van der Waals surface area contributed by atoms with Crippen molar-refractivity contribution in [3.8, 4) is 0 Å². The number of pyridine rings is 1. The highest BCUT2D eigenvalue weighted by molar-refractivity contribution is 7.90. The van der Waals surface area contributed by atoms with Gasteiger partial charge in [0.05, 0.1) is 33.5 Å². The number of rotatable bonds is 7.